The van der Waals surface area contributed by atoms with Gasteiger partial charge in [-0.15, -0.1) is 0 Å². The van der Waals surface area contributed by atoms with E-state index >= 15 is 0 Å². The minimum atomic E-state index is 0.213. The van der Waals surface area contributed by atoms with Crippen molar-refractivity contribution in [3.63, 3.8) is 0 Å². The lowest BCUT2D eigenvalue weighted by Gasteiger charge is -2.48. The van der Waals surface area contributed by atoms with Gasteiger partial charge >= 0.3 is 0 Å². The standard InChI is InChI=1S/C18H31N3/c1-3-13-21(14-17-7-11-20-12-8-17)18(15-19)9-5-16(4-2)6-10-18/h7-8,11-12,16H,3-6,9-10,13-15,19H2,1-2H3. The highest BCUT2D eigenvalue weighted by Gasteiger charge is 2.38. The van der Waals surface area contributed by atoms with E-state index in [1.807, 2.05) is 12.4 Å². The van der Waals surface area contributed by atoms with Gasteiger partial charge in [-0.3, -0.25) is 9.88 Å². The molecular weight excluding hydrogens is 258 g/mol. The Morgan fingerprint density at radius 1 is 1.24 bits per heavy atom. The van der Waals surface area contributed by atoms with Crippen LogP contribution in [0.4, 0.5) is 0 Å². The molecule has 1 aromatic heterocycles. The summed E-state index contributed by atoms with van der Waals surface area (Å²) in [6, 6.07) is 4.26. The molecule has 0 atom stereocenters. The van der Waals surface area contributed by atoms with Crippen molar-refractivity contribution in [3.8, 4) is 0 Å². The van der Waals surface area contributed by atoms with Gasteiger partial charge in [0, 0.05) is 31.0 Å². The largest absolute Gasteiger partial charge is 0.329 e. The van der Waals surface area contributed by atoms with Crippen LogP contribution in [0.5, 0.6) is 0 Å². The maximum atomic E-state index is 6.26. The fourth-order valence-corrected chi connectivity index (χ4v) is 3.74. The Labute approximate surface area is 129 Å². The van der Waals surface area contributed by atoms with Crippen LogP contribution >= 0.6 is 0 Å². The summed E-state index contributed by atoms with van der Waals surface area (Å²) < 4.78 is 0. The molecule has 1 fully saturated rings. The minimum Gasteiger partial charge on any atom is -0.329 e. The van der Waals surface area contributed by atoms with Crippen LogP contribution in [0.15, 0.2) is 24.5 Å². The Morgan fingerprint density at radius 3 is 2.43 bits per heavy atom. The van der Waals surface area contributed by atoms with Crippen molar-refractivity contribution >= 4 is 0 Å². The topological polar surface area (TPSA) is 42.2 Å². The van der Waals surface area contributed by atoms with E-state index in [0.29, 0.717) is 0 Å². The number of hydrogen-bond acceptors (Lipinski definition) is 3. The Kier molecular flexibility index (Phi) is 6.19. The van der Waals surface area contributed by atoms with Crippen molar-refractivity contribution < 1.29 is 0 Å². The van der Waals surface area contributed by atoms with Crippen LogP contribution in [-0.4, -0.2) is 28.5 Å². The molecule has 1 heterocycles. The third-order valence-electron chi connectivity index (χ3n) is 5.28. The van der Waals surface area contributed by atoms with Crippen LogP contribution < -0.4 is 5.73 Å². The minimum absolute atomic E-state index is 0.213. The molecule has 3 nitrogen and oxygen atoms in total. The lowest BCUT2D eigenvalue weighted by molar-refractivity contribution is 0.0347. The van der Waals surface area contributed by atoms with Gasteiger partial charge in [0.2, 0.25) is 0 Å². The maximum absolute atomic E-state index is 6.26. The highest BCUT2D eigenvalue weighted by Crippen LogP contribution is 2.38. The SMILES string of the molecule is CCCN(Cc1ccncc1)C1(CN)CCC(CC)CC1. The molecule has 3 heteroatoms. The van der Waals surface area contributed by atoms with E-state index in [1.54, 1.807) is 0 Å². The zero-order valence-corrected chi connectivity index (χ0v) is 13.7. The molecule has 118 valence electrons. The monoisotopic (exact) mass is 289 g/mol. The molecule has 1 aliphatic rings. The van der Waals surface area contributed by atoms with Gasteiger partial charge in [0.1, 0.15) is 0 Å². The second-order valence-electron chi connectivity index (χ2n) is 6.56. The number of nitrogens with zero attached hydrogens (tertiary/aromatic N) is 2. The number of nitrogens with two attached hydrogens (primary N) is 1. The average molecular weight is 289 g/mol. The molecule has 0 spiro atoms. The van der Waals surface area contributed by atoms with E-state index in [0.717, 1.165) is 25.6 Å². The van der Waals surface area contributed by atoms with Gasteiger partial charge in [0.25, 0.3) is 0 Å². The van der Waals surface area contributed by atoms with Gasteiger partial charge in [-0.1, -0.05) is 20.3 Å². The third-order valence-corrected chi connectivity index (χ3v) is 5.28. The summed E-state index contributed by atoms with van der Waals surface area (Å²) in [6.45, 7) is 7.51. The Balaban J connectivity index is 2.11. The van der Waals surface area contributed by atoms with Crippen LogP contribution in [0.25, 0.3) is 0 Å². The molecule has 0 amide bonds. The fourth-order valence-electron chi connectivity index (χ4n) is 3.74. The highest BCUT2D eigenvalue weighted by atomic mass is 15.2. The zero-order valence-electron chi connectivity index (χ0n) is 13.7. The summed E-state index contributed by atoms with van der Waals surface area (Å²) in [6.07, 6.45) is 11.5. The second-order valence-corrected chi connectivity index (χ2v) is 6.56. The maximum Gasteiger partial charge on any atom is 0.0335 e. The lowest BCUT2D eigenvalue weighted by Crippen LogP contribution is -2.55. The molecule has 0 saturated heterocycles. The van der Waals surface area contributed by atoms with Crippen molar-refractivity contribution in [1.29, 1.82) is 0 Å². The smallest absolute Gasteiger partial charge is 0.0335 e. The molecule has 21 heavy (non-hydrogen) atoms. The molecular formula is C18H31N3. The first kappa shape index (κ1) is 16.4. The Bertz CT molecular complexity index is 396. The molecule has 0 aromatic carbocycles. The second kappa shape index (κ2) is 7.90. The van der Waals surface area contributed by atoms with Gasteiger partial charge in [-0.2, -0.15) is 0 Å². The zero-order chi connectivity index (χ0) is 15.1. The summed E-state index contributed by atoms with van der Waals surface area (Å²) in [4.78, 5) is 6.77. The van der Waals surface area contributed by atoms with Crippen LogP contribution in [0.3, 0.4) is 0 Å². The normalized spacial score (nSPS) is 26.2. The molecule has 1 saturated carbocycles. The summed E-state index contributed by atoms with van der Waals surface area (Å²) in [5.74, 6) is 0.911. The number of rotatable bonds is 7. The van der Waals surface area contributed by atoms with E-state index in [4.69, 9.17) is 5.73 Å². The Hall–Kier alpha value is -0.930. The third kappa shape index (κ3) is 4.04. The van der Waals surface area contributed by atoms with Crippen LogP contribution in [-0.2, 0) is 6.54 Å². The van der Waals surface area contributed by atoms with Crippen molar-refractivity contribution in [3.05, 3.63) is 30.1 Å². The van der Waals surface area contributed by atoms with Crippen LogP contribution in [0.2, 0.25) is 0 Å². The highest BCUT2D eigenvalue weighted by molar-refractivity contribution is 5.11. The van der Waals surface area contributed by atoms with Gasteiger partial charge < -0.3 is 5.73 Å². The number of aromatic nitrogens is 1. The van der Waals surface area contributed by atoms with E-state index < -0.39 is 0 Å². The first-order chi connectivity index (χ1) is 10.2. The molecule has 0 aliphatic heterocycles. The lowest BCUT2D eigenvalue weighted by atomic mass is 9.74. The number of pyridine rings is 1. The van der Waals surface area contributed by atoms with Gasteiger partial charge in [-0.25, -0.2) is 0 Å². The predicted octanol–water partition coefficient (Wildman–Crippen LogP) is 3.59. The van der Waals surface area contributed by atoms with Crippen molar-refractivity contribution in [2.75, 3.05) is 13.1 Å². The van der Waals surface area contributed by atoms with E-state index in [2.05, 4.69) is 35.9 Å². The summed E-state index contributed by atoms with van der Waals surface area (Å²) >= 11 is 0. The average Bonchev–Trinajstić information content (AvgIpc) is 2.55. The quantitative estimate of drug-likeness (QED) is 0.834. The predicted molar refractivity (Wildman–Crippen MR) is 89.0 cm³/mol. The number of hydrogen-bond donors (Lipinski definition) is 1. The van der Waals surface area contributed by atoms with E-state index in [9.17, 15) is 0 Å². The van der Waals surface area contributed by atoms with Gasteiger partial charge in [0.05, 0.1) is 0 Å². The molecule has 0 unspecified atom stereocenters. The first-order valence-electron chi connectivity index (χ1n) is 8.58. The summed E-state index contributed by atoms with van der Waals surface area (Å²) in [5, 5.41) is 0. The Morgan fingerprint density at radius 2 is 1.90 bits per heavy atom. The molecule has 1 aliphatic carbocycles. The summed E-state index contributed by atoms with van der Waals surface area (Å²) in [7, 11) is 0. The molecule has 0 radical (unpaired) electrons. The van der Waals surface area contributed by atoms with Crippen molar-refractivity contribution in [1.82, 2.24) is 9.88 Å². The van der Waals surface area contributed by atoms with Crippen LogP contribution in [0.1, 0.15) is 57.9 Å². The fraction of sp³-hybridized carbons (Fsp3) is 0.722. The molecule has 2 rings (SSSR count). The van der Waals surface area contributed by atoms with Crippen molar-refractivity contribution in [2.45, 2.75) is 64.5 Å². The van der Waals surface area contributed by atoms with Gasteiger partial charge in [0.15, 0.2) is 0 Å². The molecule has 1 aromatic rings. The van der Waals surface area contributed by atoms with Crippen LogP contribution in [0, 0.1) is 5.92 Å². The summed E-state index contributed by atoms with van der Waals surface area (Å²) in [5.41, 5.74) is 7.82. The van der Waals surface area contributed by atoms with E-state index in [-0.39, 0.29) is 5.54 Å². The first-order valence-corrected chi connectivity index (χ1v) is 8.58. The molecule has 2 N–H and O–H groups in total. The van der Waals surface area contributed by atoms with Crippen molar-refractivity contribution in [2.24, 2.45) is 11.7 Å². The van der Waals surface area contributed by atoms with E-state index in [1.165, 1.54) is 44.1 Å². The molecule has 0 bridgehead atoms. The van der Waals surface area contributed by atoms with Gasteiger partial charge in [-0.05, 0) is 62.3 Å².